The summed E-state index contributed by atoms with van der Waals surface area (Å²) in [6.07, 6.45) is 0.380. The number of rotatable bonds is 8. The second-order valence-corrected chi connectivity index (χ2v) is 9.13. The lowest BCUT2D eigenvalue weighted by Crippen LogP contribution is -2.43. The van der Waals surface area contributed by atoms with Crippen LogP contribution in [0.3, 0.4) is 0 Å². The lowest BCUT2D eigenvalue weighted by molar-refractivity contribution is -0.152. The number of nitrogens with one attached hydrogen (secondary N) is 1. The zero-order valence-electron chi connectivity index (χ0n) is 22.3. The summed E-state index contributed by atoms with van der Waals surface area (Å²) in [7, 11) is 3.07. The summed E-state index contributed by atoms with van der Waals surface area (Å²) in [5.74, 6) is -2.85. The molecule has 2 aliphatic rings. The Balaban J connectivity index is 1.96. The summed E-state index contributed by atoms with van der Waals surface area (Å²) >= 11 is 0. The lowest BCUT2D eigenvalue weighted by Gasteiger charge is -2.39. The van der Waals surface area contributed by atoms with Gasteiger partial charge in [-0.15, -0.1) is 0 Å². The van der Waals surface area contributed by atoms with Crippen molar-refractivity contribution in [3.63, 3.8) is 0 Å². The van der Waals surface area contributed by atoms with Crippen molar-refractivity contribution >= 4 is 17.7 Å². The number of benzene rings is 2. The standard InChI is InChI=1S/C30H33NO7/c1-6-37-29(33)24-17(3)31-22-16-20(18-11-9-8-10-12-18)26(30(34)38-7-2)28(32)27(22)25(24)21-15-19(35-4)13-14-23(21)36-5/h8-15,20,25-26,31H,6-7,16H2,1-5H3. The quantitative estimate of drug-likeness (QED) is 0.404. The first-order valence-electron chi connectivity index (χ1n) is 12.7. The Labute approximate surface area is 222 Å². The molecule has 3 atom stereocenters. The van der Waals surface area contributed by atoms with Gasteiger partial charge in [-0.2, -0.15) is 0 Å². The van der Waals surface area contributed by atoms with Gasteiger partial charge in [0, 0.05) is 28.4 Å². The van der Waals surface area contributed by atoms with Gasteiger partial charge in [-0.1, -0.05) is 30.3 Å². The van der Waals surface area contributed by atoms with E-state index in [4.69, 9.17) is 18.9 Å². The molecule has 0 saturated carbocycles. The van der Waals surface area contributed by atoms with E-state index in [0.29, 0.717) is 40.5 Å². The second kappa shape index (κ2) is 11.5. The van der Waals surface area contributed by atoms with E-state index in [1.807, 2.05) is 30.3 Å². The smallest absolute Gasteiger partial charge is 0.336 e. The van der Waals surface area contributed by atoms with E-state index in [0.717, 1.165) is 5.56 Å². The largest absolute Gasteiger partial charge is 0.497 e. The van der Waals surface area contributed by atoms with Crippen LogP contribution >= 0.6 is 0 Å². The van der Waals surface area contributed by atoms with Gasteiger partial charge >= 0.3 is 11.9 Å². The number of dihydropyridines is 1. The maximum absolute atomic E-state index is 14.4. The van der Waals surface area contributed by atoms with Crippen molar-refractivity contribution in [2.24, 2.45) is 5.92 Å². The highest BCUT2D eigenvalue weighted by molar-refractivity contribution is 6.13. The lowest BCUT2D eigenvalue weighted by atomic mass is 9.67. The van der Waals surface area contributed by atoms with Crippen molar-refractivity contribution < 1.29 is 33.3 Å². The average molecular weight is 520 g/mol. The molecular weight excluding hydrogens is 486 g/mol. The third-order valence-electron chi connectivity index (χ3n) is 7.03. The van der Waals surface area contributed by atoms with Crippen molar-refractivity contribution in [2.45, 2.75) is 39.0 Å². The van der Waals surface area contributed by atoms with Gasteiger partial charge < -0.3 is 24.3 Å². The Morgan fingerprint density at radius 1 is 0.974 bits per heavy atom. The van der Waals surface area contributed by atoms with Gasteiger partial charge in [0.05, 0.1) is 38.9 Å². The van der Waals surface area contributed by atoms with Gasteiger partial charge in [0.1, 0.15) is 17.4 Å². The summed E-state index contributed by atoms with van der Waals surface area (Å²) < 4.78 is 21.9. The molecule has 2 aromatic rings. The molecule has 0 fully saturated rings. The van der Waals surface area contributed by atoms with Crippen LogP contribution in [0.2, 0.25) is 0 Å². The highest BCUT2D eigenvalue weighted by atomic mass is 16.5. The van der Waals surface area contributed by atoms with Crippen LogP contribution in [0.15, 0.2) is 71.1 Å². The number of carbonyl (C=O) groups excluding carboxylic acids is 3. The van der Waals surface area contributed by atoms with Gasteiger partial charge in [0.15, 0.2) is 5.78 Å². The van der Waals surface area contributed by atoms with Gasteiger partial charge in [-0.3, -0.25) is 9.59 Å². The minimum Gasteiger partial charge on any atom is -0.497 e. The molecule has 1 aliphatic carbocycles. The van der Waals surface area contributed by atoms with Gasteiger partial charge in [0.2, 0.25) is 0 Å². The molecule has 2 aromatic carbocycles. The fourth-order valence-corrected chi connectivity index (χ4v) is 5.41. The summed E-state index contributed by atoms with van der Waals surface area (Å²) in [4.78, 5) is 41.0. The monoisotopic (exact) mass is 519 g/mol. The molecule has 1 N–H and O–H groups in total. The number of ether oxygens (including phenoxy) is 4. The molecule has 3 unspecified atom stereocenters. The minimum absolute atomic E-state index is 0.147. The number of allylic oxidation sites excluding steroid dienone is 3. The summed E-state index contributed by atoms with van der Waals surface area (Å²) in [5, 5.41) is 3.31. The molecule has 8 nitrogen and oxygen atoms in total. The number of hydrogen-bond acceptors (Lipinski definition) is 8. The normalized spacial score (nSPS) is 20.9. The Morgan fingerprint density at radius 3 is 2.32 bits per heavy atom. The van der Waals surface area contributed by atoms with Crippen LogP contribution in [0.25, 0.3) is 0 Å². The molecule has 0 aromatic heterocycles. The van der Waals surface area contributed by atoms with E-state index in [2.05, 4.69) is 5.32 Å². The molecule has 8 heteroatoms. The maximum atomic E-state index is 14.4. The molecule has 200 valence electrons. The Kier molecular flexibility index (Phi) is 8.20. The number of ketones is 1. The molecule has 0 radical (unpaired) electrons. The van der Waals surface area contributed by atoms with Crippen LogP contribution in [0.5, 0.6) is 11.5 Å². The number of esters is 2. The molecule has 0 amide bonds. The van der Waals surface area contributed by atoms with Crippen molar-refractivity contribution in [3.05, 3.63) is 82.2 Å². The number of carbonyl (C=O) groups is 3. The fraction of sp³-hybridized carbons (Fsp3) is 0.367. The van der Waals surface area contributed by atoms with Crippen molar-refractivity contribution in [1.29, 1.82) is 0 Å². The molecule has 0 saturated heterocycles. The van der Waals surface area contributed by atoms with Crippen LogP contribution in [0.1, 0.15) is 50.2 Å². The van der Waals surface area contributed by atoms with Crippen LogP contribution in [-0.2, 0) is 23.9 Å². The van der Waals surface area contributed by atoms with Gasteiger partial charge in [-0.05, 0) is 51.0 Å². The van der Waals surface area contributed by atoms with Crippen LogP contribution < -0.4 is 14.8 Å². The Hall–Kier alpha value is -4.07. The van der Waals surface area contributed by atoms with Crippen LogP contribution in [-0.4, -0.2) is 45.2 Å². The molecule has 0 spiro atoms. The van der Waals surface area contributed by atoms with E-state index in [1.54, 1.807) is 46.1 Å². The first kappa shape index (κ1) is 27.0. The van der Waals surface area contributed by atoms with Gasteiger partial charge in [0.25, 0.3) is 0 Å². The molecule has 1 heterocycles. The zero-order chi connectivity index (χ0) is 27.4. The molecule has 4 rings (SSSR count). The van der Waals surface area contributed by atoms with E-state index >= 15 is 0 Å². The fourth-order valence-electron chi connectivity index (χ4n) is 5.41. The molecule has 1 aliphatic heterocycles. The first-order chi connectivity index (χ1) is 18.4. The zero-order valence-corrected chi connectivity index (χ0v) is 22.3. The first-order valence-corrected chi connectivity index (χ1v) is 12.7. The van der Waals surface area contributed by atoms with E-state index in [-0.39, 0.29) is 18.8 Å². The van der Waals surface area contributed by atoms with Crippen molar-refractivity contribution in [3.8, 4) is 11.5 Å². The highest BCUT2D eigenvalue weighted by Crippen LogP contribution is 2.50. The van der Waals surface area contributed by atoms with Crippen LogP contribution in [0.4, 0.5) is 0 Å². The van der Waals surface area contributed by atoms with E-state index in [9.17, 15) is 14.4 Å². The summed E-state index contributed by atoms with van der Waals surface area (Å²) in [6.45, 7) is 5.54. The highest BCUT2D eigenvalue weighted by Gasteiger charge is 2.49. The minimum atomic E-state index is -1.07. The van der Waals surface area contributed by atoms with Crippen LogP contribution in [0, 0.1) is 5.92 Å². The number of hydrogen-bond donors (Lipinski definition) is 1. The SMILES string of the molecule is CCOC(=O)C1=C(C)NC2=C(C(=O)C(C(=O)OCC)C(c3ccccc3)C2)C1c1cc(OC)ccc1OC. The number of methoxy groups -OCH3 is 2. The summed E-state index contributed by atoms with van der Waals surface area (Å²) in [5.41, 5.74) is 3.27. The van der Waals surface area contributed by atoms with E-state index in [1.165, 1.54) is 7.11 Å². The topological polar surface area (TPSA) is 100 Å². The van der Waals surface area contributed by atoms with Gasteiger partial charge in [-0.25, -0.2) is 4.79 Å². The molecule has 0 bridgehead atoms. The molecular formula is C30H33NO7. The summed E-state index contributed by atoms with van der Waals surface area (Å²) in [6, 6.07) is 14.7. The average Bonchev–Trinajstić information content (AvgIpc) is 2.92. The third-order valence-corrected chi connectivity index (χ3v) is 7.03. The predicted octanol–water partition coefficient (Wildman–Crippen LogP) is 4.42. The Morgan fingerprint density at radius 2 is 1.68 bits per heavy atom. The Bertz CT molecular complexity index is 1290. The predicted molar refractivity (Wildman–Crippen MR) is 141 cm³/mol. The maximum Gasteiger partial charge on any atom is 0.336 e. The number of Topliss-reactive ketones (excluding diaryl/α,β-unsaturated/α-hetero) is 1. The van der Waals surface area contributed by atoms with Crippen molar-refractivity contribution in [2.75, 3.05) is 27.4 Å². The third kappa shape index (κ3) is 4.90. The van der Waals surface area contributed by atoms with Crippen molar-refractivity contribution in [1.82, 2.24) is 5.32 Å². The second-order valence-electron chi connectivity index (χ2n) is 9.13. The van der Waals surface area contributed by atoms with E-state index < -0.39 is 35.5 Å². The molecule has 38 heavy (non-hydrogen) atoms.